The number of aromatic nitrogens is 1. The Labute approximate surface area is 119 Å². The highest BCUT2D eigenvalue weighted by Crippen LogP contribution is 2.23. The van der Waals surface area contributed by atoms with Crippen molar-refractivity contribution in [3.8, 4) is 0 Å². The Morgan fingerprint density at radius 2 is 2.00 bits per heavy atom. The van der Waals surface area contributed by atoms with Crippen LogP contribution in [0.5, 0.6) is 0 Å². The third-order valence-corrected chi connectivity index (χ3v) is 4.42. The zero-order chi connectivity index (χ0) is 14.3. The van der Waals surface area contributed by atoms with Crippen LogP contribution in [0.25, 0.3) is 10.9 Å². The summed E-state index contributed by atoms with van der Waals surface area (Å²) in [6.45, 7) is 6.84. The van der Waals surface area contributed by atoms with Crippen molar-refractivity contribution >= 4 is 16.8 Å². The second-order valence-corrected chi connectivity index (χ2v) is 6.21. The van der Waals surface area contributed by atoms with Gasteiger partial charge in [0, 0.05) is 42.3 Å². The molecule has 1 saturated heterocycles. The molecule has 4 heteroatoms. The molecule has 1 fully saturated rings. The molecule has 0 bridgehead atoms. The third-order valence-electron chi connectivity index (χ3n) is 4.42. The SMILES string of the molecule is CN1CCN(C(=O)c2c[nH]c3ccccc23)CC1(C)C. The van der Waals surface area contributed by atoms with Crippen LogP contribution in [0.15, 0.2) is 30.5 Å². The predicted molar refractivity (Wildman–Crippen MR) is 80.9 cm³/mol. The molecule has 0 aliphatic carbocycles. The second kappa shape index (κ2) is 4.63. The number of para-hydroxylation sites is 1. The number of amides is 1. The Hall–Kier alpha value is -1.81. The summed E-state index contributed by atoms with van der Waals surface area (Å²) in [7, 11) is 2.12. The van der Waals surface area contributed by atoms with Crippen LogP contribution in [0.3, 0.4) is 0 Å². The molecule has 0 atom stereocenters. The van der Waals surface area contributed by atoms with Crippen LogP contribution in [0.1, 0.15) is 24.2 Å². The number of H-pyrrole nitrogens is 1. The van der Waals surface area contributed by atoms with E-state index in [1.54, 1.807) is 0 Å². The molecule has 2 aromatic rings. The van der Waals surface area contributed by atoms with Gasteiger partial charge in [-0.3, -0.25) is 9.69 Å². The highest BCUT2D eigenvalue weighted by molar-refractivity contribution is 6.06. The lowest BCUT2D eigenvalue weighted by Gasteiger charge is -2.45. The topological polar surface area (TPSA) is 39.3 Å². The largest absolute Gasteiger partial charge is 0.360 e. The number of aromatic amines is 1. The van der Waals surface area contributed by atoms with Crippen molar-refractivity contribution in [3.05, 3.63) is 36.0 Å². The van der Waals surface area contributed by atoms with Gasteiger partial charge in [-0.2, -0.15) is 0 Å². The van der Waals surface area contributed by atoms with E-state index in [1.807, 2.05) is 35.4 Å². The van der Waals surface area contributed by atoms with Crippen molar-refractivity contribution in [2.24, 2.45) is 0 Å². The number of carbonyl (C=O) groups excluding carboxylic acids is 1. The summed E-state index contributed by atoms with van der Waals surface area (Å²) in [5.74, 6) is 0.128. The molecule has 0 spiro atoms. The van der Waals surface area contributed by atoms with Gasteiger partial charge in [-0.1, -0.05) is 18.2 Å². The number of hydrogen-bond acceptors (Lipinski definition) is 2. The number of carbonyl (C=O) groups is 1. The molecule has 0 saturated carbocycles. The maximum atomic E-state index is 12.8. The molecular formula is C16H21N3O. The smallest absolute Gasteiger partial charge is 0.256 e. The first-order valence-corrected chi connectivity index (χ1v) is 7.06. The minimum atomic E-state index is 0.0278. The van der Waals surface area contributed by atoms with E-state index in [1.165, 1.54) is 0 Å². The molecule has 1 amide bonds. The normalized spacial score (nSPS) is 19.4. The standard InChI is InChI=1S/C16H21N3O/c1-16(2)11-19(9-8-18(16)3)15(20)13-10-17-14-7-5-4-6-12(13)14/h4-7,10,17H,8-9,11H2,1-3H3. The molecule has 1 aromatic heterocycles. The van der Waals surface area contributed by atoms with Gasteiger partial charge in [-0.15, -0.1) is 0 Å². The fourth-order valence-corrected chi connectivity index (χ4v) is 2.83. The van der Waals surface area contributed by atoms with Gasteiger partial charge in [0.25, 0.3) is 5.91 Å². The number of nitrogens with one attached hydrogen (secondary N) is 1. The molecule has 1 aromatic carbocycles. The lowest BCUT2D eigenvalue weighted by atomic mass is 9.99. The second-order valence-electron chi connectivity index (χ2n) is 6.21. The van der Waals surface area contributed by atoms with E-state index in [-0.39, 0.29) is 11.4 Å². The summed E-state index contributed by atoms with van der Waals surface area (Å²) >= 11 is 0. The first kappa shape index (κ1) is 13.2. The molecule has 1 aliphatic rings. The van der Waals surface area contributed by atoms with E-state index >= 15 is 0 Å². The van der Waals surface area contributed by atoms with E-state index < -0.39 is 0 Å². The van der Waals surface area contributed by atoms with Crippen LogP contribution < -0.4 is 0 Å². The average Bonchev–Trinajstić information content (AvgIpc) is 2.85. The molecule has 20 heavy (non-hydrogen) atoms. The zero-order valence-electron chi connectivity index (χ0n) is 12.3. The summed E-state index contributed by atoms with van der Waals surface area (Å²) in [6.07, 6.45) is 1.83. The molecular weight excluding hydrogens is 250 g/mol. The van der Waals surface area contributed by atoms with Gasteiger partial charge in [0.1, 0.15) is 0 Å². The van der Waals surface area contributed by atoms with Gasteiger partial charge < -0.3 is 9.88 Å². The highest BCUT2D eigenvalue weighted by atomic mass is 16.2. The van der Waals surface area contributed by atoms with Crippen LogP contribution in [0.2, 0.25) is 0 Å². The molecule has 106 valence electrons. The van der Waals surface area contributed by atoms with Crippen LogP contribution >= 0.6 is 0 Å². The number of fused-ring (bicyclic) bond motifs is 1. The fraction of sp³-hybridized carbons (Fsp3) is 0.438. The molecule has 0 radical (unpaired) electrons. The third kappa shape index (κ3) is 2.10. The number of hydrogen-bond donors (Lipinski definition) is 1. The van der Waals surface area contributed by atoms with Gasteiger partial charge in [-0.05, 0) is 27.0 Å². The predicted octanol–water partition coefficient (Wildman–Crippen LogP) is 2.33. The van der Waals surface area contributed by atoms with Gasteiger partial charge in [0.15, 0.2) is 0 Å². The Morgan fingerprint density at radius 1 is 1.25 bits per heavy atom. The summed E-state index contributed by atoms with van der Waals surface area (Å²) < 4.78 is 0. The van der Waals surface area contributed by atoms with E-state index in [2.05, 4.69) is 30.8 Å². The monoisotopic (exact) mass is 271 g/mol. The number of likely N-dealkylation sites (N-methyl/N-ethyl adjacent to an activating group) is 1. The van der Waals surface area contributed by atoms with E-state index in [9.17, 15) is 4.79 Å². The van der Waals surface area contributed by atoms with Crippen LogP contribution in [-0.2, 0) is 0 Å². The van der Waals surface area contributed by atoms with Crippen LogP contribution in [0.4, 0.5) is 0 Å². The highest BCUT2D eigenvalue weighted by Gasteiger charge is 2.34. The zero-order valence-corrected chi connectivity index (χ0v) is 12.3. The van der Waals surface area contributed by atoms with Crippen molar-refractivity contribution < 1.29 is 4.79 Å². The summed E-state index contributed by atoms with van der Waals surface area (Å²) in [5.41, 5.74) is 1.82. The molecule has 1 N–H and O–H groups in total. The van der Waals surface area contributed by atoms with Gasteiger partial charge in [-0.25, -0.2) is 0 Å². The Morgan fingerprint density at radius 3 is 2.75 bits per heavy atom. The minimum absolute atomic E-state index is 0.0278. The average molecular weight is 271 g/mol. The summed E-state index contributed by atoms with van der Waals surface area (Å²) in [4.78, 5) is 20.2. The first-order chi connectivity index (χ1) is 9.49. The van der Waals surface area contributed by atoms with Crippen molar-refractivity contribution in [1.29, 1.82) is 0 Å². The van der Waals surface area contributed by atoms with E-state index in [4.69, 9.17) is 0 Å². The summed E-state index contributed by atoms with van der Waals surface area (Å²) in [6, 6.07) is 7.95. The molecule has 2 heterocycles. The van der Waals surface area contributed by atoms with Crippen molar-refractivity contribution in [2.45, 2.75) is 19.4 Å². The lowest BCUT2D eigenvalue weighted by Crippen LogP contribution is -2.58. The number of rotatable bonds is 1. The van der Waals surface area contributed by atoms with Gasteiger partial charge in [0.2, 0.25) is 0 Å². The number of nitrogens with zero attached hydrogens (tertiary/aromatic N) is 2. The van der Waals surface area contributed by atoms with E-state index in [0.29, 0.717) is 0 Å². The van der Waals surface area contributed by atoms with Gasteiger partial charge in [0.05, 0.1) is 5.56 Å². The molecule has 4 nitrogen and oxygen atoms in total. The van der Waals surface area contributed by atoms with Gasteiger partial charge >= 0.3 is 0 Å². The quantitative estimate of drug-likeness (QED) is 0.864. The fourth-order valence-electron chi connectivity index (χ4n) is 2.83. The number of benzene rings is 1. The first-order valence-electron chi connectivity index (χ1n) is 7.06. The Bertz CT molecular complexity index is 644. The van der Waals surface area contributed by atoms with Crippen molar-refractivity contribution in [3.63, 3.8) is 0 Å². The maximum absolute atomic E-state index is 12.8. The lowest BCUT2D eigenvalue weighted by molar-refractivity contribution is 0.0313. The maximum Gasteiger partial charge on any atom is 0.256 e. The Balaban J connectivity index is 1.90. The Kier molecular flexibility index (Phi) is 3.05. The number of piperazine rings is 1. The van der Waals surface area contributed by atoms with Crippen molar-refractivity contribution in [1.82, 2.24) is 14.8 Å². The van der Waals surface area contributed by atoms with Crippen LogP contribution in [-0.4, -0.2) is 52.9 Å². The summed E-state index contributed by atoms with van der Waals surface area (Å²) in [5, 5.41) is 1.01. The minimum Gasteiger partial charge on any atom is -0.360 e. The van der Waals surface area contributed by atoms with E-state index in [0.717, 1.165) is 36.1 Å². The molecule has 3 rings (SSSR count). The van der Waals surface area contributed by atoms with Crippen LogP contribution in [0, 0.1) is 0 Å². The van der Waals surface area contributed by atoms with Crippen molar-refractivity contribution in [2.75, 3.05) is 26.7 Å². The molecule has 1 aliphatic heterocycles. The molecule has 0 unspecified atom stereocenters.